The molecule has 0 fully saturated rings. The van der Waals surface area contributed by atoms with Gasteiger partial charge in [0.05, 0.1) is 5.69 Å². The van der Waals surface area contributed by atoms with E-state index in [-0.39, 0.29) is 5.69 Å². The molecular formula is C12H8ClF3N2O2. The molecule has 0 saturated heterocycles. The zero-order chi connectivity index (χ0) is 15.1. The second kappa shape index (κ2) is 4.82. The van der Waals surface area contributed by atoms with Crippen molar-refractivity contribution in [1.29, 1.82) is 0 Å². The zero-order valence-electron chi connectivity index (χ0n) is 10.1. The van der Waals surface area contributed by atoms with Gasteiger partial charge in [-0.3, -0.25) is 4.79 Å². The van der Waals surface area contributed by atoms with Gasteiger partial charge in [0.2, 0.25) is 0 Å². The van der Waals surface area contributed by atoms with E-state index in [9.17, 15) is 22.8 Å². The van der Waals surface area contributed by atoms with Gasteiger partial charge in [-0.05, 0) is 30.7 Å². The molecule has 2 aromatic rings. The first-order chi connectivity index (χ1) is 9.20. The Morgan fingerprint density at radius 1 is 1.20 bits per heavy atom. The number of benzene rings is 1. The normalized spacial score (nSPS) is 11.7. The molecule has 2 rings (SSSR count). The van der Waals surface area contributed by atoms with Crippen molar-refractivity contribution < 1.29 is 13.2 Å². The Kier molecular flexibility index (Phi) is 3.47. The predicted molar refractivity (Wildman–Crippen MR) is 67.4 cm³/mol. The van der Waals surface area contributed by atoms with Gasteiger partial charge in [0.1, 0.15) is 5.69 Å². The molecule has 106 valence electrons. The van der Waals surface area contributed by atoms with Gasteiger partial charge < -0.3 is 4.98 Å². The Labute approximate surface area is 115 Å². The number of halogens is 4. The van der Waals surface area contributed by atoms with Gasteiger partial charge in [0.15, 0.2) is 0 Å². The molecular weight excluding hydrogens is 297 g/mol. The number of aromatic amines is 1. The second-order valence-electron chi connectivity index (χ2n) is 4.09. The van der Waals surface area contributed by atoms with E-state index in [1.807, 2.05) is 0 Å². The van der Waals surface area contributed by atoms with Crippen molar-refractivity contribution in [2.75, 3.05) is 0 Å². The van der Waals surface area contributed by atoms with Crippen LogP contribution in [0.3, 0.4) is 0 Å². The van der Waals surface area contributed by atoms with Crippen LogP contribution in [0.5, 0.6) is 0 Å². The van der Waals surface area contributed by atoms with Crippen LogP contribution in [0.4, 0.5) is 13.2 Å². The highest BCUT2D eigenvalue weighted by atomic mass is 35.5. The average molecular weight is 305 g/mol. The summed E-state index contributed by atoms with van der Waals surface area (Å²) < 4.78 is 38.0. The molecule has 8 heteroatoms. The lowest BCUT2D eigenvalue weighted by Gasteiger charge is -2.09. The van der Waals surface area contributed by atoms with Crippen molar-refractivity contribution in [1.82, 2.24) is 9.55 Å². The summed E-state index contributed by atoms with van der Waals surface area (Å²) in [5, 5.41) is 0.421. The third-order valence-corrected chi connectivity index (χ3v) is 3.06. The number of nitrogens with zero attached hydrogens (tertiary/aromatic N) is 1. The number of H-pyrrole nitrogens is 1. The van der Waals surface area contributed by atoms with Crippen LogP contribution in [0.25, 0.3) is 5.69 Å². The third-order valence-electron chi connectivity index (χ3n) is 2.64. The first-order valence-electron chi connectivity index (χ1n) is 5.40. The monoisotopic (exact) mass is 304 g/mol. The Bertz CT molecular complexity index is 746. The van der Waals surface area contributed by atoms with Crippen molar-refractivity contribution in [3.63, 3.8) is 0 Å². The number of hydrogen-bond acceptors (Lipinski definition) is 2. The van der Waals surface area contributed by atoms with Crippen molar-refractivity contribution in [2.45, 2.75) is 13.1 Å². The number of nitrogens with one attached hydrogen (secondary N) is 1. The fourth-order valence-corrected chi connectivity index (χ4v) is 1.78. The van der Waals surface area contributed by atoms with Gasteiger partial charge in [-0.15, -0.1) is 0 Å². The van der Waals surface area contributed by atoms with Gasteiger partial charge in [-0.1, -0.05) is 11.6 Å². The topological polar surface area (TPSA) is 54.9 Å². The summed E-state index contributed by atoms with van der Waals surface area (Å²) >= 11 is 5.81. The van der Waals surface area contributed by atoms with E-state index in [4.69, 9.17) is 11.6 Å². The summed E-state index contributed by atoms with van der Waals surface area (Å²) in [6, 6.07) is 4.60. The minimum atomic E-state index is -4.78. The Morgan fingerprint density at radius 3 is 2.35 bits per heavy atom. The maximum Gasteiger partial charge on any atom is 0.431 e. The van der Waals surface area contributed by atoms with Crippen LogP contribution in [-0.2, 0) is 6.18 Å². The molecule has 0 aliphatic heterocycles. The summed E-state index contributed by atoms with van der Waals surface area (Å²) in [6.07, 6.45) is -4.78. The lowest BCUT2D eigenvalue weighted by molar-refractivity contribution is -0.141. The molecule has 0 spiro atoms. The maximum atomic E-state index is 12.5. The molecule has 20 heavy (non-hydrogen) atoms. The minimum absolute atomic E-state index is 0.145. The van der Waals surface area contributed by atoms with Gasteiger partial charge in [-0.2, -0.15) is 13.2 Å². The van der Waals surface area contributed by atoms with Crippen LogP contribution >= 0.6 is 11.6 Å². The molecule has 0 bridgehead atoms. The quantitative estimate of drug-likeness (QED) is 0.880. The van der Waals surface area contributed by atoms with E-state index in [1.165, 1.54) is 18.2 Å². The van der Waals surface area contributed by atoms with E-state index in [1.54, 1.807) is 11.9 Å². The van der Waals surface area contributed by atoms with Gasteiger partial charge in [0.25, 0.3) is 5.56 Å². The zero-order valence-corrected chi connectivity index (χ0v) is 10.8. The molecule has 0 aliphatic rings. The highest BCUT2D eigenvalue weighted by molar-refractivity contribution is 6.31. The fraction of sp³-hybridized carbons (Fsp3) is 0.167. The van der Waals surface area contributed by atoms with E-state index in [0.29, 0.717) is 21.2 Å². The van der Waals surface area contributed by atoms with Crippen LogP contribution < -0.4 is 11.2 Å². The molecule has 0 atom stereocenters. The van der Waals surface area contributed by atoms with Gasteiger partial charge in [0, 0.05) is 11.1 Å². The summed E-state index contributed by atoms with van der Waals surface area (Å²) in [7, 11) is 0. The number of hydrogen-bond donors (Lipinski definition) is 1. The first-order valence-corrected chi connectivity index (χ1v) is 5.78. The largest absolute Gasteiger partial charge is 0.431 e. The summed E-state index contributed by atoms with van der Waals surface area (Å²) in [5.41, 5.74) is -2.87. The highest BCUT2D eigenvalue weighted by Gasteiger charge is 2.33. The van der Waals surface area contributed by atoms with Crippen LogP contribution in [0.15, 0.2) is 33.9 Å². The molecule has 0 unspecified atom stereocenters. The van der Waals surface area contributed by atoms with E-state index in [2.05, 4.69) is 0 Å². The van der Waals surface area contributed by atoms with Crippen LogP contribution in [0, 0.1) is 6.92 Å². The van der Waals surface area contributed by atoms with Crippen molar-refractivity contribution in [3.8, 4) is 5.69 Å². The predicted octanol–water partition coefficient (Wildman–Crippen LogP) is 2.51. The van der Waals surface area contributed by atoms with Crippen molar-refractivity contribution >= 4 is 11.6 Å². The van der Waals surface area contributed by atoms with Crippen molar-refractivity contribution in [3.05, 3.63) is 61.4 Å². The molecule has 4 nitrogen and oxygen atoms in total. The number of aryl methyl sites for hydroxylation is 1. The first kappa shape index (κ1) is 14.4. The average Bonchev–Trinajstić information content (AvgIpc) is 2.31. The van der Waals surface area contributed by atoms with Crippen molar-refractivity contribution in [2.24, 2.45) is 0 Å². The second-order valence-corrected chi connectivity index (χ2v) is 4.50. The number of rotatable bonds is 1. The van der Waals surface area contributed by atoms with E-state index >= 15 is 0 Å². The maximum absolute atomic E-state index is 12.5. The molecule has 1 N–H and O–H groups in total. The standard InChI is InChI=1S/C12H8ClF3N2O2/c1-6-4-7(2-3-8(6)13)18-10(19)5-9(12(14,15)16)17-11(18)20/h2-5H,1H3,(H,17,20). The smallest absolute Gasteiger partial charge is 0.303 e. The van der Waals surface area contributed by atoms with Crippen LogP contribution in [0.2, 0.25) is 5.02 Å². The van der Waals surface area contributed by atoms with Gasteiger partial charge in [-0.25, -0.2) is 9.36 Å². The highest BCUT2D eigenvalue weighted by Crippen LogP contribution is 2.25. The minimum Gasteiger partial charge on any atom is -0.303 e. The molecule has 1 aromatic carbocycles. The fourth-order valence-electron chi connectivity index (χ4n) is 1.66. The molecule has 0 aliphatic carbocycles. The van der Waals surface area contributed by atoms with E-state index < -0.39 is 23.1 Å². The number of alkyl halides is 3. The summed E-state index contributed by atoms with van der Waals surface area (Å²) in [4.78, 5) is 25.0. The SMILES string of the molecule is Cc1cc(-n2c(=O)cc(C(F)(F)F)[nH]c2=O)ccc1Cl. The van der Waals surface area contributed by atoms with Gasteiger partial charge >= 0.3 is 11.9 Å². The number of aromatic nitrogens is 2. The third kappa shape index (κ3) is 2.62. The molecule has 0 radical (unpaired) electrons. The van der Waals surface area contributed by atoms with E-state index in [0.717, 1.165) is 0 Å². The lowest BCUT2D eigenvalue weighted by atomic mass is 10.2. The Balaban J connectivity index is 2.68. The molecule has 0 amide bonds. The summed E-state index contributed by atoms with van der Waals surface area (Å²) in [5.74, 6) is 0. The van der Waals surface area contributed by atoms with Crippen LogP contribution in [0.1, 0.15) is 11.3 Å². The summed E-state index contributed by atoms with van der Waals surface area (Å²) in [6.45, 7) is 1.65. The van der Waals surface area contributed by atoms with Crippen LogP contribution in [-0.4, -0.2) is 9.55 Å². The molecule has 1 heterocycles. The molecule has 0 saturated carbocycles. The molecule has 1 aromatic heterocycles. The Morgan fingerprint density at radius 2 is 1.85 bits per heavy atom. The lowest BCUT2D eigenvalue weighted by Crippen LogP contribution is -2.35. The Hall–Kier alpha value is -2.02.